The van der Waals surface area contributed by atoms with E-state index in [1.54, 1.807) is 23.9 Å². The molecule has 0 radical (unpaired) electrons. The van der Waals surface area contributed by atoms with E-state index in [-0.39, 0.29) is 22.4 Å². The summed E-state index contributed by atoms with van der Waals surface area (Å²) in [5.41, 5.74) is 0.297. The SMILES string of the molecule is CCCCCCCCCCCCCC(=O)N1CCC2(CC1)SCCN2C(=O)c1cccc([N+](=O)[O-])c1. The molecule has 0 atom stereocenters. The van der Waals surface area contributed by atoms with Crippen LogP contribution in [0.3, 0.4) is 0 Å². The number of carbonyl (C=O) groups is 2. The van der Waals surface area contributed by atoms with E-state index < -0.39 is 4.92 Å². The van der Waals surface area contributed by atoms with Crippen LogP contribution in [0.25, 0.3) is 0 Å². The van der Waals surface area contributed by atoms with Crippen LogP contribution < -0.4 is 0 Å². The Balaban J connectivity index is 1.36. The lowest BCUT2D eigenvalue weighted by Gasteiger charge is -2.44. The first kappa shape index (κ1) is 28.5. The minimum Gasteiger partial charge on any atom is -0.342 e. The highest BCUT2D eigenvalue weighted by Crippen LogP contribution is 2.44. The molecular formula is C28H43N3O4S. The van der Waals surface area contributed by atoms with Crippen molar-refractivity contribution in [2.75, 3.05) is 25.4 Å². The average molecular weight is 518 g/mol. The number of piperidine rings is 1. The molecule has 7 nitrogen and oxygen atoms in total. The molecule has 2 amide bonds. The Kier molecular flexibility index (Phi) is 11.5. The molecule has 0 unspecified atom stereocenters. The summed E-state index contributed by atoms with van der Waals surface area (Å²) in [6.07, 6.45) is 16.1. The summed E-state index contributed by atoms with van der Waals surface area (Å²) >= 11 is 1.79. The van der Waals surface area contributed by atoms with Crippen molar-refractivity contribution in [3.8, 4) is 0 Å². The van der Waals surface area contributed by atoms with Crippen LogP contribution in [0.5, 0.6) is 0 Å². The molecule has 2 aliphatic heterocycles. The molecule has 200 valence electrons. The van der Waals surface area contributed by atoms with Crippen molar-refractivity contribution in [2.45, 2.75) is 102 Å². The normalized spacial score (nSPS) is 17.0. The quantitative estimate of drug-likeness (QED) is 0.154. The van der Waals surface area contributed by atoms with E-state index in [2.05, 4.69) is 6.92 Å². The Morgan fingerprint density at radius 2 is 1.56 bits per heavy atom. The van der Waals surface area contributed by atoms with Crippen molar-refractivity contribution in [1.29, 1.82) is 0 Å². The number of benzene rings is 1. The van der Waals surface area contributed by atoms with Crippen LogP contribution in [-0.4, -0.2) is 56.8 Å². The molecule has 2 fully saturated rings. The predicted octanol–water partition coefficient (Wildman–Crippen LogP) is 6.80. The van der Waals surface area contributed by atoms with Gasteiger partial charge in [-0.3, -0.25) is 19.7 Å². The summed E-state index contributed by atoms with van der Waals surface area (Å²) in [7, 11) is 0. The van der Waals surface area contributed by atoms with E-state index in [0.29, 0.717) is 31.6 Å². The second-order valence-electron chi connectivity index (χ2n) is 10.2. The van der Waals surface area contributed by atoms with Gasteiger partial charge in [-0.2, -0.15) is 0 Å². The van der Waals surface area contributed by atoms with E-state index in [0.717, 1.165) is 31.4 Å². The number of amides is 2. The summed E-state index contributed by atoms with van der Waals surface area (Å²) in [5, 5.41) is 11.1. The van der Waals surface area contributed by atoms with Gasteiger partial charge in [0.15, 0.2) is 0 Å². The number of likely N-dealkylation sites (tertiary alicyclic amines) is 1. The zero-order chi connectivity index (χ0) is 25.8. The summed E-state index contributed by atoms with van der Waals surface area (Å²) in [6, 6.07) is 5.99. The van der Waals surface area contributed by atoms with Gasteiger partial charge in [0.1, 0.15) is 0 Å². The highest BCUT2D eigenvalue weighted by molar-refractivity contribution is 8.00. The summed E-state index contributed by atoms with van der Waals surface area (Å²) in [6.45, 7) is 4.23. The highest BCUT2D eigenvalue weighted by atomic mass is 32.2. The van der Waals surface area contributed by atoms with Crippen LogP contribution in [0.1, 0.15) is 107 Å². The Labute approximate surface area is 220 Å². The first-order valence-electron chi connectivity index (χ1n) is 13.9. The van der Waals surface area contributed by atoms with Gasteiger partial charge in [0.05, 0.1) is 9.79 Å². The van der Waals surface area contributed by atoms with Crippen LogP contribution >= 0.6 is 11.8 Å². The van der Waals surface area contributed by atoms with Crippen LogP contribution in [0.15, 0.2) is 24.3 Å². The molecule has 2 aliphatic rings. The zero-order valence-electron chi connectivity index (χ0n) is 21.9. The first-order valence-corrected chi connectivity index (χ1v) is 14.9. The minimum absolute atomic E-state index is 0.0652. The number of nitro groups is 1. The van der Waals surface area contributed by atoms with E-state index in [1.165, 1.54) is 69.9 Å². The smallest absolute Gasteiger partial charge is 0.270 e. The number of carbonyl (C=O) groups excluding carboxylic acids is 2. The third kappa shape index (κ3) is 7.95. The molecule has 3 rings (SSSR count). The van der Waals surface area contributed by atoms with Gasteiger partial charge in [-0.05, 0) is 25.3 Å². The second-order valence-corrected chi connectivity index (χ2v) is 11.7. The molecule has 1 aromatic carbocycles. The third-order valence-corrected chi connectivity index (χ3v) is 9.17. The van der Waals surface area contributed by atoms with Crippen molar-refractivity contribution >= 4 is 29.3 Å². The maximum Gasteiger partial charge on any atom is 0.270 e. The number of nitrogens with zero attached hydrogens (tertiary/aromatic N) is 3. The fraction of sp³-hybridized carbons (Fsp3) is 0.714. The fourth-order valence-corrected chi connectivity index (χ4v) is 6.88. The molecular weight excluding hydrogens is 474 g/mol. The zero-order valence-corrected chi connectivity index (χ0v) is 22.7. The molecule has 0 saturated carbocycles. The van der Waals surface area contributed by atoms with E-state index in [4.69, 9.17) is 0 Å². The van der Waals surface area contributed by atoms with Crippen LogP contribution in [0.4, 0.5) is 5.69 Å². The van der Waals surface area contributed by atoms with Gasteiger partial charge in [0.25, 0.3) is 11.6 Å². The number of hydrogen-bond donors (Lipinski definition) is 0. The van der Waals surface area contributed by atoms with Gasteiger partial charge in [-0.1, -0.05) is 77.2 Å². The van der Waals surface area contributed by atoms with E-state index in [1.807, 2.05) is 9.80 Å². The Bertz CT molecular complexity index is 870. The summed E-state index contributed by atoms with van der Waals surface area (Å²) in [4.78, 5) is 40.2. The van der Waals surface area contributed by atoms with Gasteiger partial charge >= 0.3 is 0 Å². The highest BCUT2D eigenvalue weighted by Gasteiger charge is 2.47. The summed E-state index contributed by atoms with van der Waals surface area (Å²) < 4.78 is 0. The van der Waals surface area contributed by atoms with Gasteiger partial charge in [-0.25, -0.2) is 0 Å². The molecule has 0 N–H and O–H groups in total. The molecule has 2 heterocycles. The predicted molar refractivity (Wildman–Crippen MR) is 146 cm³/mol. The first-order chi connectivity index (χ1) is 17.5. The minimum atomic E-state index is -0.467. The Hall–Kier alpha value is -2.09. The molecule has 2 saturated heterocycles. The monoisotopic (exact) mass is 517 g/mol. The number of nitro benzene ring substituents is 1. The maximum absolute atomic E-state index is 13.2. The van der Waals surface area contributed by atoms with Gasteiger partial charge in [0.2, 0.25) is 5.91 Å². The lowest BCUT2D eigenvalue weighted by molar-refractivity contribution is -0.384. The summed E-state index contributed by atoms with van der Waals surface area (Å²) in [5.74, 6) is 0.942. The van der Waals surface area contributed by atoms with Crippen molar-refractivity contribution in [2.24, 2.45) is 0 Å². The standard InChI is InChI=1S/C28H43N3O4S/c1-2-3-4-5-6-7-8-9-10-11-12-16-26(32)29-19-17-28(18-20-29)30(21-22-36-28)27(33)24-14-13-15-25(23-24)31(34)35/h13-15,23H,2-12,16-22H2,1H3. The van der Waals surface area contributed by atoms with E-state index in [9.17, 15) is 19.7 Å². The Morgan fingerprint density at radius 1 is 0.944 bits per heavy atom. The van der Waals surface area contributed by atoms with Crippen LogP contribution in [0, 0.1) is 10.1 Å². The number of rotatable bonds is 14. The average Bonchev–Trinajstić information content (AvgIpc) is 3.29. The van der Waals surface area contributed by atoms with E-state index >= 15 is 0 Å². The number of thioether (sulfide) groups is 1. The molecule has 36 heavy (non-hydrogen) atoms. The second kappa shape index (κ2) is 14.6. The Morgan fingerprint density at radius 3 is 2.17 bits per heavy atom. The topological polar surface area (TPSA) is 83.8 Å². The largest absolute Gasteiger partial charge is 0.342 e. The molecule has 1 spiro atoms. The van der Waals surface area contributed by atoms with Crippen molar-refractivity contribution in [3.05, 3.63) is 39.9 Å². The lowest BCUT2D eigenvalue weighted by atomic mass is 10.00. The van der Waals surface area contributed by atoms with Gasteiger partial charge < -0.3 is 9.80 Å². The van der Waals surface area contributed by atoms with Crippen molar-refractivity contribution < 1.29 is 14.5 Å². The van der Waals surface area contributed by atoms with Crippen LogP contribution in [-0.2, 0) is 4.79 Å². The van der Waals surface area contributed by atoms with Gasteiger partial charge in [-0.15, -0.1) is 11.8 Å². The number of unbranched alkanes of at least 4 members (excludes halogenated alkanes) is 10. The molecule has 0 bridgehead atoms. The van der Waals surface area contributed by atoms with Gasteiger partial charge in [0, 0.05) is 49.5 Å². The van der Waals surface area contributed by atoms with Crippen molar-refractivity contribution in [3.63, 3.8) is 0 Å². The fourth-order valence-electron chi connectivity index (χ4n) is 5.42. The van der Waals surface area contributed by atoms with Crippen LogP contribution in [0.2, 0.25) is 0 Å². The molecule has 0 aromatic heterocycles. The maximum atomic E-state index is 13.2. The lowest BCUT2D eigenvalue weighted by Crippen LogP contribution is -2.53. The molecule has 0 aliphatic carbocycles. The number of hydrogen-bond acceptors (Lipinski definition) is 5. The molecule has 8 heteroatoms. The number of non-ortho nitro benzene ring substituents is 1. The van der Waals surface area contributed by atoms with Crippen molar-refractivity contribution in [1.82, 2.24) is 9.80 Å². The molecule has 1 aromatic rings. The third-order valence-electron chi connectivity index (χ3n) is 7.62.